The molecule has 0 saturated carbocycles. The van der Waals surface area contributed by atoms with Gasteiger partial charge in [-0.2, -0.15) is 0 Å². The molecule has 17 heavy (non-hydrogen) atoms. The first-order valence-corrected chi connectivity index (χ1v) is 6.48. The molecule has 0 aliphatic rings. The highest BCUT2D eigenvalue weighted by Gasteiger charge is 2.15. The van der Waals surface area contributed by atoms with Crippen LogP contribution < -0.4 is 10.6 Å². The Balaban J connectivity index is 4.12. The van der Waals surface area contributed by atoms with E-state index in [0.717, 1.165) is 6.54 Å². The highest BCUT2D eigenvalue weighted by molar-refractivity contribution is 7.80. The van der Waals surface area contributed by atoms with Crippen molar-refractivity contribution in [1.29, 1.82) is 0 Å². The van der Waals surface area contributed by atoms with Gasteiger partial charge in [-0.15, -0.1) is 0 Å². The molecule has 5 heteroatoms. The summed E-state index contributed by atoms with van der Waals surface area (Å²) in [6, 6.07) is 0.590. The Morgan fingerprint density at radius 2 is 1.82 bits per heavy atom. The van der Waals surface area contributed by atoms with Crippen LogP contribution in [0.3, 0.4) is 0 Å². The standard InChI is InChI=1S/C12H27N3OS/c1-9(2)11(7-15(4)5)14-12(17)13-10(3)8-16-6/h9-11H,7-8H2,1-6H3,(H2,13,14,17). The van der Waals surface area contributed by atoms with Crippen LogP contribution in [0.2, 0.25) is 0 Å². The number of methoxy groups -OCH3 is 1. The maximum absolute atomic E-state index is 5.30. The molecule has 0 aromatic rings. The minimum Gasteiger partial charge on any atom is -0.383 e. The first-order valence-electron chi connectivity index (χ1n) is 6.07. The van der Waals surface area contributed by atoms with E-state index < -0.39 is 0 Å². The molecule has 0 spiro atoms. The Bertz CT molecular complexity index is 222. The van der Waals surface area contributed by atoms with Gasteiger partial charge in [-0.05, 0) is 39.2 Å². The van der Waals surface area contributed by atoms with Crippen molar-refractivity contribution in [2.75, 3.05) is 34.4 Å². The number of hydrogen-bond donors (Lipinski definition) is 2. The average molecular weight is 261 g/mol. The number of nitrogens with one attached hydrogen (secondary N) is 2. The van der Waals surface area contributed by atoms with Crippen LogP contribution in [-0.4, -0.2) is 56.5 Å². The molecule has 0 aromatic carbocycles. The third-order valence-corrected chi connectivity index (χ3v) is 2.71. The van der Waals surface area contributed by atoms with E-state index in [1.807, 2.05) is 6.92 Å². The van der Waals surface area contributed by atoms with E-state index in [4.69, 9.17) is 17.0 Å². The van der Waals surface area contributed by atoms with Crippen molar-refractivity contribution in [3.63, 3.8) is 0 Å². The van der Waals surface area contributed by atoms with Crippen molar-refractivity contribution in [1.82, 2.24) is 15.5 Å². The lowest BCUT2D eigenvalue weighted by molar-refractivity contribution is 0.179. The molecule has 0 bridgehead atoms. The van der Waals surface area contributed by atoms with Gasteiger partial charge in [-0.25, -0.2) is 0 Å². The Hall–Kier alpha value is -0.390. The van der Waals surface area contributed by atoms with Gasteiger partial charge >= 0.3 is 0 Å². The molecular weight excluding hydrogens is 234 g/mol. The fourth-order valence-electron chi connectivity index (χ4n) is 1.54. The lowest BCUT2D eigenvalue weighted by Crippen LogP contribution is -2.51. The molecule has 4 nitrogen and oxygen atoms in total. The molecule has 0 radical (unpaired) electrons. The average Bonchev–Trinajstić information content (AvgIpc) is 2.15. The summed E-state index contributed by atoms with van der Waals surface area (Å²) >= 11 is 5.30. The quantitative estimate of drug-likeness (QED) is 0.671. The van der Waals surface area contributed by atoms with Crippen LogP contribution >= 0.6 is 12.2 Å². The number of likely N-dealkylation sites (N-methyl/N-ethyl adjacent to an activating group) is 1. The lowest BCUT2D eigenvalue weighted by Gasteiger charge is -2.28. The summed E-state index contributed by atoms with van der Waals surface area (Å²) in [5.41, 5.74) is 0. The lowest BCUT2D eigenvalue weighted by atomic mass is 10.0. The van der Waals surface area contributed by atoms with Crippen LogP contribution in [-0.2, 0) is 4.74 Å². The van der Waals surface area contributed by atoms with Crippen LogP contribution in [0.4, 0.5) is 0 Å². The topological polar surface area (TPSA) is 36.5 Å². The summed E-state index contributed by atoms with van der Waals surface area (Å²) in [5, 5.41) is 7.28. The minimum absolute atomic E-state index is 0.229. The second-order valence-electron chi connectivity index (χ2n) is 5.09. The zero-order chi connectivity index (χ0) is 13.4. The molecule has 2 N–H and O–H groups in total. The van der Waals surface area contributed by atoms with Crippen LogP contribution in [0, 0.1) is 5.92 Å². The van der Waals surface area contributed by atoms with Gasteiger partial charge in [-0.1, -0.05) is 13.8 Å². The molecule has 0 amide bonds. The molecule has 0 fully saturated rings. The van der Waals surface area contributed by atoms with Crippen molar-refractivity contribution in [3.8, 4) is 0 Å². The smallest absolute Gasteiger partial charge is 0.166 e. The summed E-state index contributed by atoms with van der Waals surface area (Å²) in [6.45, 7) is 8.07. The molecule has 0 saturated heterocycles. The third-order valence-electron chi connectivity index (χ3n) is 2.48. The molecule has 0 aromatic heterocycles. The fourth-order valence-corrected chi connectivity index (χ4v) is 1.89. The highest BCUT2D eigenvalue weighted by atomic mass is 32.1. The van der Waals surface area contributed by atoms with E-state index in [0.29, 0.717) is 23.7 Å². The molecule has 102 valence electrons. The second kappa shape index (κ2) is 8.66. The van der Waals surface area contributed by atoms with E-state index in [2.05, 4.69) is 43.5 Å². The van der Waals surface area contributed by atoms with Crippen molar-refractivity contribution < 1.29 is 4.74 Å². The first kappa shape index (κ1) is 16.6. The summed E-state index contributed by atoms with van der Waals surface area (Å²) in [6.07, 6.45) is 0. The van der Waals surface area contributed by atoms with E-state index in [-0.39, 0.29) is 6.04 Å². The van der Waals surface area contributed by atoms with Gasteiger partial charge in [0.15, 0.2) is 5.11 Å². The van der Waals surface area contributed by atoms with E-state index in [9.17, 15) is 0 Å². The van der Waals surface area contributed by atoms with Crippen molar-refractivity contribution in [3.05, 3.63) is 0 Å². The Labute approximate surface area is 111 Å². The predicted molar refractivity (Wildman–Crippen MR) is 77.4 cm³/mol. The zero-order valence-electron chi connectivity index (χ0n) is 11.9. The maximum Gasteiger partial charge on any atom is 0.166 e. The maximum atomic E-state index is 5.30. The van der Waals surface area contributed by atoms with E-state index in [1.165, 1.54) is 0 Å². The van der Waals surface area contributed by atoms with Crippen molar-refractivity contribution in [2.45, 2.75) is 32.9 Å². The van der Waals surface area contributed by atoms with Gasteiger partial charge in [0.2, 0.25) is 0 Å². The van der Waals surface area contributed by atoms with E-state index >= 15 is 0 Å². The fraction of sp³-hybridized carbons (Fsp3) is 0.917. The Morgan fingerprint density at radius 3 is 2.24 bits per heavy atom. The number of hydrogen-bond acceptors (Lipinski definition) is 3. The summed E-state index contributed by atoms with van der Waals surface area (Å²) in [4.78, 5) is 2.17. The SMILES string of the molecule is COCC(C)NC(=S)NC(CN(C)C)C(C)C. The van der Waals surface area contributed by atoms with Crippen LogP contribution in [0.15, 0.2) is 0 Å². The van der Waals surface area contributed by atoms with Crippen LogP contribution in [0.5, 0.6) is 0 Å². The normalized spacial score (nSPS) is 14.8. The Kier molecular flexibility index (Phi) is 8.47. The van der Waals surface area contributed by atoms with Crippen molar-refractivity contribution in [2.24, 2.45) is 5.92 Å². The number of nitrogens with zero attached hydrogens (tertiary/aromatic N) is 1. The number of rotatable bonds is 7. The second-order valence-corrected chi connectivity index (χ2v) is 5.50. The van der Waals surface area contributed by atoms with Crippen molar-refractivity contribution >= 4 is 17.3 Å². The molecule has 0 aliphatic carbocycles. The summed E-state index contributed by atoms with van der Waals surface area (Å²) in [7, 11) is 5.83. The van der Waals surface area contributed by atoms with Gasteiger partial charge in [-0.3, -0.25) is 0 Å². The van der Waals surface area contributed by atoms with Gasteiger partial charge in [0.25, 0.3) is 0 Å². The highest BCUT2D eigenvalue weighted by Crippen LogP contribution is 2.02. The number of thiocarbonyl (C=S) groups is 1. The minimum atomic E-state index is 0.229. The zero-order valence-corrected chi connectivity index (χ0v) is 12.7. The molecule has 2 unspecified atom stereocenters. The monoisotopic (exact) mass is 261 g/mol. The van der Waals surface area contributed by atoms with Crippen LogP contribution in [0.1, 0.15) is 20.8 Å². The van der Waals surface area contributed by atoms with Crippen LogP contribution in [0.25, 0.3) is 0 Å². The summed E-state index contributed by atoms with van der Waals surface area (Å²) in [5.74, 6) is 0.537. The first-order chi connectivity index (χ1) is 7.86. The largest absolute Gasteiger partial charge is 0.383 e. The van der Waals surface area contributed by atoms with Gasteiger partial charge < -0.3 is 20.3 Å². The third kappa shape index (κ3) is 8.35. The summed E-state index contributed by atoms with van der Waals surface area (Å²) < 4.78 is 5.06. The predicted octanol–water partition coefficient (Wildman–Crippen LogP) is 1.07. The number of ether oxygens (including phenoxy) is 1. The molecule has 0 heterocycles. The molecule has 2 atom stereocenters. The molecule has 0 rings (SSSR count). The Morgan fingerprint density at radius 1 is 1.24 bits per heavy atom. The van der Waals surface area contributed by atoms with Gasteiger partial charge in [0.05, 0.1) is 6.61 Å². The molecular formula is C12H27N3OS. The molecule has 0 aliphatic heterocycles. The van der Waals surface area contributed by atoms with E-state index in [1.54, 1.807) is 7.11 Å². The van der Waals surface area contributed by atoms with Gasteiger partial charge in [0, 0.05) is 25.7 Å². The van der Waals surface area contributed by atoms with Gasteiger partial charge in [0.1, 0.15) is 0 Å².